The number of nitrogens with zero attached hydrogens (tertiary/aromatic N) is 1. The summed E-state index contributed by atoms with van der Waals surface area (Å²) in [4.78, 5) is 14.8. The van der Waals surface area contributed by atoms with Crippen LogP contribution in [-0.2, 0) is 26.8 Å². The monoisotopic (exact) mass is 663 g/mol. The molecule has 1 unspecified atom stereocenters. The molecular weight excluding hydrogens is 617 g/mol. The summed E-state index contributed by atoms with van der Waals surface area (Å²) in [6.07, 6.45) is -1.78. The van der Waals surface area contributed by atoms with Crippen molar-refractivity contribution in [2.75, 3.05) is 44.4 Å². The number of morpholine rings is 1. The first-order chi connectivity index (χ1) is 21.3. The lowest BCUT2D eigenvalue weighted by molar-refractivity contribution is -0.284. The highest BCUT2D eigenvalue weighted by atomic mass is 32.2. The average Bonchev–Trinajstić information content (AvgIpc) is 3.29. The molecule has 3 fully saturated rings. The van der Waals surface area contributed by atoms with Gasteiger partial charge in [-0.3, -0.25) is 13.9 Å². The largest absolute Gasteiger partial charge is 0.453 e. The van der Waals surface area contributed by atoms with Gasteiger partial charge in [0, 0.05) is 48.4 Å². The Bertz CT molecular complexity index is 1210. The summed E-state index contributed by atoms with van der Waals surface area (Å²) >= 11 is 0. The highest BCUT2D eigenvalue weighted by molar-refractivity contribution is 7.84. The van der Waals surface area contributed by atoms with Gasteiger partial charge >= 0.3 is 18.1 Å². The molecule has 1 aliphatic heterocycles. The molecule has 4 aliphatic rings. The van der Waals surface area contributed by atoms with Crippen molar-refractivity contribution in [2.24, 2.45) is 23.2 Å². The summed E-state index contributed by atoms with van der Waals surface area (Å²) < 4.78 is 87.6. The number of esters is 1. The minimum Gasteiger partial charge on any atom is -0.426 e. The fraction of sp³-hybridized carbons (Fsp3) is 0.788. The van der Waals surface area contributed by atoms with E-state index in [9.17, 15) is 36.1 Å². The quantitative estimate of drug-likeness (QED) is 0.162. The number of alkyl halides is 5. The van der Waals surface area contributed by atoms with Gasteiger partial charge in [0.25, 0.3) is 0 Å². The highest BCUT2D eigenvalue weighted by Gasteiger charge is 2.57. The molecule has 1 N–H and O–H groups in total. The number of carbonyl (C=O) groups excluding carboxylic acids is 1. The second-order valence-corrected chi connectivity index (χ2v) is 15.4. The zero-order valence-corrected chi connectivity index (χ0v) is 26.8. The van der Waals surface area contributed by atoms with Crippen LogP contribution in [0.2, 0.25) is 0 Å². The number of benzene rings is 1. The molecule has 0 spiro atoms. The van der Waals surface area contributed by atoms with E-state index in [0.717, 1.165) is 57.2 Å². The van der Waals surface area contributed by atoms with E-state index in [1.165, 1.54) is 5.56 Å². The lowest BCUT2D eigenvalue weighted by Crippen LogP contribution is -2.47. The molecule has 1 saturated heterocycles. The van der Waals surface area contributed by atoms with Gasteiger partial charge in [0.2, 0.25) is 0 Å². The molecule has 1 heterocycles. The zero-order chi connectivity index (χ0) is 32.4. The molecule has 12 heteroatoms. The van der Waals surface area contributed by atoms with Gasteiger partial charge in [-0.05, 0) is 104 Å². The van der Waals surface area contributed by atoms with Gasteiger partial charge in [-0.25, -0.2) is 0 Å². The number of fused-ring (bicyclic) bond motifs is 5. The fourth-order valence-corrected chi connectivity index (χ4v) is 9.71. The Morgan fingerprint density at radius 3 is 2.58 bits per heavy atom. The van der Waals surface area contributed by atoms with E-state index in [0.29, 0.717) is 49.7 Å². The molecule has 254 valence electrons. The summed E-state index contributed by atoms with van der Waals surface area (Å²) in [5.74, 6) is -3.26. The van der Waals surface area contributed by atoms with Gasteiger partial charge < -0.3 is 14.6 Å². The fourth-order valence-electron chi connectivity index (χ4n) is 8.55. The van der Waals surface area contributed by atoms with Gasteiger partial charge in [0.15, 0.2) is 0 Å². The van der Waals surface area contributed by atoms with Crippen LogP contribution in [0.1, 0.15) is 81.8 Å². The van der Waals surface area contributed by atoms with Crippen LogP contribution in [0.4, 0.5) is 22.0 Å². The lowest BCUT2D eigenvalue weighted by Gasteiger charge is -2.53. The van der Waals surface area contributed by atoms with Gasteiger partial charge in [-0.2, -0.15) is 22.0 Å². The summed E-state index contributed by atoms with van der Waals surface area (Å²) in [6.45, 7) is 5.75. The van der Waals surface area contributed by atoms with E-state index in [1.54, 1.807) is 0 Å². The maximum atomic E-state index is 13.3. The van der Waals surface area contributed by atoms with Crippen LogP contribution in [0.3, 0.4) is 0 Å². The van der Waals surface area contributed by atoms with E-state index < -0.39 is 35.7 Å². The van der Waals surface area contributed by atoms with Gasteiger partial charge in [-0.1, -0.05) is 13.0 Å². The second kappa shape index (κ2) is 14.2. The van der Waals surface area contributed by atoms with Crippen molar-refractivity contribution in [3.63, 3.8) is 0 Å². The van der Waals surface area contributed by atoms with Crippen LogP contribution >= 0.6 is 0 Å². The topological polar surface area (TPSA) is 76.1 Å². The summed E-state index contributed by atoms with van der Waals surface area (Å²) in [6, 6.07) is 5.95. The zero-order valence-electron chi connectivity index (χ0n) is 26.0. The Hall–Kier alpha value is -1.63. The molecule has 2 saturated carbocycles. The van der Waals surface area contributed by atoms with Crippen molar-refractivity contribution >= 4 is 16.8 Å². The molecule has 0 bridgehead atoms. The second-order valence-electron chi connectivity index (χ2n) is 13.7. The third-order valence-electron chi connectivity index (χ3n) is 11.0. The van der Waals surface area contributed by atoms with Gasteiger partial charge in [0.05, 0.1) is 25.7 Å². The van der Waals surface area contributed by atoms with E-state index in [2.05, 4.69) is 17.9 Å². The Morgan fingerprint density at radius 2 is 1.84 bits per heavy atom. The third-order valence-corrected chi connectivity index (χ3v) is 12.5. The molecule has 0 radical (unpaired) electrons. The van der Waals surface area contributed by atoms with Crippen LogP contribution in [-0.4, -0.2) is 82.7 Å². The molecule has 1 aromatic rings. The van der Waals surface area contributed by atoms with Gasteiger partial charge in [0.1, 0.15) is 5.75 Å². The minimum atomic E-state index is -5.59. The van der Waals surface area contributed by atoms with Crippen LogP contribution in [0.5, 0.6) is 5.75 Å². The molecule has 45 heavy (non-hydrogen) atoms. The first-order valence-electron chi connectivity index (χ1n) is 16.4. The summed E-state index contributed by atoms with van der Waals surface area (Å²) in [5.41, 5.74) is 2.25. The van der Waals surface area contributed by atoms with Crippen molar-refractivity contribution in [3.8, 4) is 5.75 Å². The van der Waals surface area contributed by atoms with Crippen LogP contribution in [0.15, 0.2) is 18.2 Å². The predicted molar refractivity (Wildman–Crippen MR) is 161 cm³/mol. The van der Waals surface area contributed by atoms with Crippen molar-refractivity contribution in [1.29, 1.82) is 0 Å². The van der Waals surface area contributed by atoms with Crippen molar-refractivity contribution in [1.82, 2.24) is 4.90 Å². The number of ether oxygens (including phenoxy) is 2. The van der Waals surface area contributed by atoms with Crippen LogP contribution < -0.4 is 4.74 Å². The molecule has 6 nitrogen and oxygen atoms in total. The highest BCUT2D eigenvalue weighted by Crippen LogP contribution is 2.62. The number of hydrogen-bond donors (Lipinski definition) is 1. The molecule has 0 amide bonds. The standard InChI is InChI=1S/C33H46F5NO5S/c1-31-12-9-26-25-6-5-24(44-29(41)10-13-39-14-16-43-17-15-39)21-23(25)20-22(30(26)27(31)7-8-28(31)40)4-2-18-45(42)19-3-11-32(34,35)33(36,37)38/h5-6,21-22,26-28,30,40H,2-4,7-20H2,1H3/t22-,26-,27+,28+,30-,31+,45?/m1/s1. The number of hydrogen-bond acceptors (Lipinski definition) is 6. The SMILES string of the molecule is C[C@]12CC[C@@H]3c4ccc(OC(=O)CCN5CCOCC5)cc4C[C@@H](CCCS(=O)CCCC(F)(F)C(F)(F)F)[C@H]3[C@@H]1CC[C@@H]2O. The van der Waals surface area contributed by atoms with Crippen molar-refractivity contribution in [2.45, 2.75) is 95.3 Å². The predicted octanol–water partition coefficient (Wildman–Crippen LogP) is 6.26. The minimum absolute atomic E-state index is 0.153. The smallest absolute Gasteiger partial charge is 0.426 e. The maximum absolute atomic E-state index is 13.3. The van der Waals surface area contributed by atoms with Gasteiger partial charge in [-0.15, -0.1) is 0 Å². The molecule has 0 aromatic heterocycles. The van der Waals surface area contributed by atoms with Crippen LogP contribution in [0.25, 0.3) is 0 Å². The Labute approximate surface area is 264 Å². The van der Waals surface area contributed by atoms with E-state index in [1.807, 2.05) is 12.1 Å². The summed E-state index contributed by atoms with van der Waals surface area (Å²) in [7, 11) is -1.48. The maximum Gasteiger partial charge on any atom is 0.453 e. The lowest BCUT2D eigenvalue weighted by atomic mass is 9.52. The van der Waals surface area contributed by atoms with E-state index in [-0.39, 0.29) is 41.3 Å². The normalized spacial score (nSPS) is 31.1. The summed E-state index contributed by atoms with van der Waals surface area (Å²) in [5, 5.41) is 10.9. The molecular formula is C33H46F5NO5S. The molecule has 1 aromatic carbocycles. The number of aliphatic hydroxyl groups is 1. The van der Waals surface area contributed by atoms with Crippen LogP contribution in [0, 0.1) is 23.2 Å². The number of halogens is 5. The van der Waals surface area contributed by atoms with Crippen molar-refractivity contribution < 1.29 is 45.5 Å². The Morgan fingerprint density at radius 1 is 1.11 bits per heavy atom. The van der Waals surface area contributed by atoms with E-state index in [4.69, 9.17) is 9.47 Å². The third kappa shape index (κ3) is 7.92. The number of aliphatic hydroxyl groups excluding tert-OH is 1. The Balaban J connectivity index is 1.23. The van der Waals surface area contributed by atoms with Crippen molar-refractivity contribution in [3.05, 3.63) is 29.3 Å². The van der Waals surface area contributed by atoms with E-state index >= 15 is 0 Å². The first kappa shape index (κ1) is 34.7. The number of carbonyl (C=O) groups is 1. The number of rotatable bonds is 12. The average molecular weight is 664 g/mol. The Kier molecular flexibility index (Phi) is 11.0. The first-order valence-corrected chi connectivity index (χ1v) is 17.9. The molecule has 3 aliphatic carbocycles. The molecule has 5 rings (SSSR count). The molecule has 7 atom stereocenters.